The number of aromatic nitrogens is 1. The van der Waals surface area contributed by atoms with Crippen LogP contribution in [0.1, 0.15) is 48.6 Å². The molecule has 0 saturated carbocycles. The molecule has 0 saturated heterocycles. The molecule has 0 fully saturated rings. The number of carbonyl (C=O) groups excluding carboxylic acids is 2. The van der Waals surface area contributed by atoms with Gasteiger partial charge in [0.2, 0.25) is 5.91 Å². The van der Waals surface area contributed by atoms with Crippen LogP contribution in [-0.2, 0) is 16.8 Å². The Kier molecular flexibility index (Phi) is 5.79. The highest BCUT2D eigenvalue weighted by atomic mass is 32.1. The Morgan fingerprint density at radius 3 is 2.39 bits per heavy atom. The minimum atomic E-state index is -0.635. The highest BCUT2D eigenvalue weighted by molar-refractivity contribution is 7.18. The smallest absolute Gasteiger partial charge is 0.251 e. The lowest BCUT2D eigenvalue weighted by atomic mass is 9.86. The molecular formula is C22H25N3O2S. The van der Waals surface area contributed by atoms with Gasteiger partial charge in [0.1, 0.15) is 11.0 Å². The molecule has 0 radical (unpaired) electrons. The zero-order valence-corrected chi connectivity index (χ0v) is 17.4. The molecule has 2 amide bonds. The van der Waals surface area contributed by atoms with Gasteiger partial charge in [0.25, 0.3) is 5.91 Å². The molecule has 0 spiro atoms. The van der Waals surface area contributed by atoms with Crippen LogP contribution in [0.15, 0.2) is 48.5 Å². The second-order valence-electron chi connectivity index (χ2n) is 7.82. The van der Waals surface area contributed by atoms with Crippen LogP contribution in [0.2, 0.25) is 0 Å². The average molecular weight is 396 g/mol. The van der Waals surface area contributed by atoms with Crippen LogP contribution in [0.25, 0.3) is 10.2 Å². The maximum atomic E-state index is 12.4. The third-order valence-corrected chi connectivity index (χ3v) is 5.54. The molecule has 0 aliphatic rings. The fraction of sp³-hybridized carbons (Fsp3) is 0.318. The van der Waals surface area contributed by atoms with Crippen molar-refractivity contribution in [2.75, 3.05) is 0 Å². The van der Waals surface area contributed by atoms with Gasteiger partial charge in [-0.3, -0.25) is 9.59 Å². The summed E-state index contributed by atoms with van der Waals surface area (Å²) in [4.78, 5) is 29.2. The summed E-state index contributed by atoms with van der Waals surface area (Å²) in [6.07, 6.45) is 0. The van der Waals surface area contributed by atoms with E-state index in [0.717, 1.165) is 20.8 Å². The molecule has 3 aromatic rings. The highest BCUT2D eigenvalue weighted by Gasteiger charge is 2.18. The van der Waals surface area contributed by atoms with Gasteiger partial charge < -0.3 is 10.6 Å². The van der Waals surface area contributed by atoms with Gasteiger partial charge in [-0.25, -0.2) is 4.98 Å². The van der Waals surface area contributed by atoms with Crippen molar-refractivity contribution in [1.82, 2.24) is 15.6 Å². The monoisotopic (exact) mass is 395 g/mol. The summed E-state index contributed by atoms with van der Waals surface area (Å²) in [7, 11) is 0. The first-order valence-corrected chi connectivity index (χ1v) is 10.1. The van der Waals surface area contributed by atoms with Crippen molar-refractivity contribution < 1.29 is 9.59 Å². The van der Waals surface area contributed by atoms with Gasteiger partial charge in [-0.1, -0.05) is 45.0 Å². The van der Waals surface area contributed by atoms with Crippen molar-refractivity contribution in [3.05, 3.63) is 64.7 Å². The normalized spacial score (nSPS) is 12.6. The van der Waals surface area contributed by atoms with E-state index in [-0.39, 0.29) is 17.2 Å². The molecule has 0 bridgehead atoms. The number of hydrogen-bond acceptors (Lipinski definition) is 4. The van der Waals surface area contributed by atoms with Crippen molar-refractivity contribution in [2.45, 2.75) is 45.7 Å². The lowest BCUT2D eigenvalue weighted by Crippen LogP contribution is -2.44. The summed E-state index contributed by atoms with van der Waals surface area (Å²) in [5.74, 6) is -0.498. The molecule has 1 atom stereocenters. The van der Waals surface area contributed by atoms with Crippen LogP contribution in [-0.4, -0.2) is 22.8 Å². The van der Waals surface area contributed by atoms with E-state index >= 15 is 0 Å². The third-order valence-electron chi connectivity index (χ3n) is 4.51. The van der Waals surface area contributed by atoms with E-state index in [4.69, 9.17) is 0 Å². The molecule has 0 aliphatic heterocycles. The molecule has 0 aliphatic carbocycles. The fourth-order valence-corrected chi connectivity index (χ4v) is 3.69. The van der Waals surface area contributed by atoms with Gasteiger partial charge in [0.15, 0.2) is 0 Å². The summed E-state index contributed by atoms with van der Waals surface area (Å²) in [6, 6.07) is 14.7. The average Bonchev–Trinajstić information content (AvgIpc) is 3.08. The number of rotatable bonds is 5. The molecule has 2 N–H and O–H groups in total. The van der Waals surface area contributed by atoms with Crippen molar-refractivity contribution in [2.24, 2.45) is 0 Å². The number of hydrogen-bond donors (Lipinski definition) is 2. The van der Waals surface area contributed by atoms with Gasteiger partial charge in [0.05, 0.1) is 16.8 Å². The second kappa shape index (κ2) is 8.10. The van der Waals surface area contributed by atoms with E-state index in [1.807, 2.05) is 36.4 Å². The molecular weight excluding hydrogens is 370 g/mol. The van der Waals surface area contributed by atoms with Crippen LogP contribution in [0.5, 0.6) is 0 Å². The van der Waals surface area contributed by atoms with E-state index in [1.54, 1.807) is 30.4 Å². The maximum absolute atomic E-state index is 12.4. The van der Waals surface area contributed by atoms with E-state index < -0.39 is 6.04 Å². The molecule has 1 unspecified atom stereocenters. The van der Waals surface area contributed by atoms with Gasteiger partial charge in [-0.2, -0.15) is 0 Å². The Labute approximate surface area is 169 Å². The minimum Gasteiger partial charge on any atom is -0.348 e. The van der Waals surface area contributed by atoms with Crippen LogP contribution >= 0.6 is 11.3 Å². The number of thiazole rings is 1. The molecule has 28 heavy (non-hydrogen) atoms. The number of nitrogens with one attached hydrogen (secondary N) is 2. The van der Waals surface area contributed by atoms with Gasteiger partial charge in [-0.15, -0.1) is 11.3 Å². The standard InChI is InChI=1S/C22H25N3O2S/c1-14(24-21(27)15-9-11-16(12-10-15)22(2,3)4)20(26)23-13-19-25-17-7-5-6-8-18(17)28-19/h5-12,14H,13H2,1-4H3,(H,23,26)(H,24,27). The van der Waals surface area contributed by atoms with E-state index in [2.05, 4.69) is 36.4 Å². The lowest BCUT2D eigenvalue weighted by Gasteiger charge is -2.19. The Morgan fingerprint density at radius 1 is 1.07 bits per heavy atom. The molecule has 6 heteroatoms. The van der Waals surface area contributed by atoms with Gasteiger partial charge >= 0.3 is 0 Å². The van der Waals surface area contributed by atoms with Gasteiger partial charge in [0, 0.05) is 5.56 Å². The SMILES string of the molecule is CC(NC(=O)c1ccc(C(C)(C)C)cc1)C(=O)NCc1nc2ccccc2s1. The predicted molar refractivity (Wildman–Crippen MR) is 114 cm³/mol. The quantitative estimate of drug-likeness (QED) is 0.685. The number of amides is 2. The first-order valence-electron chi connectivity index (χ1n) is 9.27. The van der Waals surface area contributed by atoms with Crippen LogP contribution in [0.3, 0.4) is 0 Å². The topological polar surface area (TPSA) is 71.1 Å². The summed E-state index contributed by atoms with van der Waals surface area (Å²) in [5, 5.41) is 6.43. The zero-order valence-electron chi connectivity index (χ0n) is 16.6. The Balaban J connectivity index is 1.55. The summed E-state index contributed by atoms with van der Waals surface area (Å²) >= 11 is 1.55. The predicted octanol–water partition coefficient (Wildman–Crippen LogP) is 4.03. The fourth-order valence-electron chi connectivity index (χ4n) is 2.78. The highest BCUT2D eigenvalue weighted by Crippen LogP contribution is 2.22. The molecule has 1 heterocycles. The molecule has 146 valence electrons. The Bertz CT molecular complexity index is 954. The maximum Gasteiger partial charge on any atom is 0.251 e. The number of carbonyl (C=O) groups is 2. The molecule has 2 aromatic carbocycles. The first-order chi connectivity index (χ1) is 13.2. The Morgan fingerprint density at radius 2 is 1.75 bits per heavy atom. The summed E-state index contributed by atoms with van der Waals surface area (Å²) in [5.41, 5.74) is 2.66. The van der Waals surface area contributed by atoms with Crippen molar-refractivity contribution >= 4 is 33.4 Å². The molecule has 1 aromatic heterocycles. The molecule has 3 rings (SSSR count). The minimum absolute atomic E-state index is 0.0306. The number of nitrogens with zero attached hydrogens (tertiary/aromatic N) is 1. The van der Waals surface area contributed by atoms with Crippen LogP contribution in [0.4, 0.5) is 0 Å². The number of fused-ring (bicyclic) bond motifs is 1. The summed E-state index contributed by atoms with van der Waals surface area (Å²) in [6.45, 7) is 8.40. The zero-order chi connectivity index (χ0) is 20.3. The first kappa shape index (κ1) is 20.0. The van der Waals surface area contributed by atoms with E-state index in [9.17, 15) is 9.59 Å². The van der Waals surface area contributed by atoms with Crippen molar-refractivity contribution in [3.8, 4) is 0 Å². The number of para-hydroxylation sites is 1. The van der Waals surface area contributed by atoms with Crippen molar-refractivity contribution in [1.29, 1.82) is 0 Å². The Hall–Kier alpha value is -2.73. The third kappa shape index (κ3) is 4.75. The van der Waals surface area contributed by atoms with Crippen LogP contribution in [0, 0.1) is 0 Å². The largest absolute Gasteiger partial charge is 0.348 e. The van der Waals surface area contributed by atoms with E-state index in [0.29, 0.717) is 12.1 Å². The van der Waals surface area contributed by atoms with Crippen LogP contribution < -0.4 is 10.6 Å². The van der Waals surface area contributed by atoms with Crippen molar-refractivity contribution in [3.63, 3.8) is 0 Å². The number of benzene rings is 2. The summed E-state index contributed by atoms with van der Waals surface area (Å²) < 4.78 is 1.09. The lowest BCUT2D eigenvalue weighted by molar-refractivity contribution is -0.122. The van der Waals surface area contributed by atoms with E-state index in [1.165, 1.54) is 0 Å². The van der Waals surface area contributed by atoms with Gasteiger partial charge in [-0.05, 0) is 42.2 Å². The second-order valence-corrected chi connectivity index (χ2v) is 8.93. The molecule has 5 nitrogen and oxygen atoms in total.